The topological polar surface area (TPSA) is 61.8 Å². The van der Waals surface area contributed by atoms with Gasteiger partial charge in [-0.05, 0) is 31.2 Å². The predicted octanol–water partition coefficient (Wildman–Crippen LogP) is 3.00. The summed E-state index contributed by atoms with van der Waals surface area (Å²) < 4.78 is 5.24. The first kappa shape index (κ1) is 19.0. The van der Waals surface area contributed by atoms with Gasteiger partial charge in [-0.15, -0.1) is 0 Å². The molecule has 0 bridgehead atoms. The number of ether oxygens (including phenoxy) is 1. The number of para-hydroxylation sites is 2. The first-order valence-electron chi connectivity index (χ1n) is 8.43. The molecule has 0 saturated heterocycles. The van der Waals surface area contributed by atoms with Gasteiger partial charge in [0.25, 0.3) is 0 Å². The van der Waals surface area contributed by atoms with Gasteiger partial charge in [-0.2, -0.15) is 0 Å². The number of methoxy groups -OCH3 is 1. The number of aliphatic hydroxyl groups is 1. The summed E-state index contributed by atoms with van der Waals surface area (Å²) in [6.07, 6.45) is -0.625. The molecule has 0 aromatic heterocycles. The summed E-state index contributed by atoms with van der Waals surface area (Å²) in [6, 6.07) is 15.1. The monoisotopic (exact) mass is 342 g/mol. The highest BCUT2D eigenvalue weighted by Crippen LogP contribution is 2.23. The summed E-state index contributed by atoms with van der Waals surface area (Å²) in [6.45, 7) is 5.26. The van der Waals surface area contributed by atoms with Gasteiger partial charge in [-0.3, -0.25) is 9.69 Å². The van der Waals surface area contributed by atoms with Crippen molar-refractivity contribution in [3.63, 3.8) is 0 Å². The molecule has 134 valence electrons. The van der Waals surface area contributed by atoms with Crippen molar-refractivity contribution in [1.82, 2.24) is 4.90 Å². The molecule has 0 heterocycles. The maximum atomic E-state index is 12.3. The van der Waals surface area contributed by atoms with E-state index in [4.69, 9.17) is 4.74 Å². The molecule has 0 aliphatic rings. The normalized spacial score (nSPS) is 12.0. The first-order valence-corrected chi connectivity index (χ1v) is 8.43. The second-order valence-corrected chi connectivity index (χ2v) is 6.00. The van der Waals surface area contributed by atoms with Crippen molar-refractivity contribution in [2.75, 3.05) is 32.1 Å². The van der Waals surface area contributed by atoms with Crippen LogP contribution in [0.15, 0.2) is 48.5 Å². The molecule has 2 N–H and O–H groups in total. The maximum Gasteiger partial charge on any atom is 0.238 e. The van der Waals surface area contributed by atoms with Crippen molar-refractivity contribution in [2.45, 2.75) is 20.0 Å². The van der Waals surface area contributed by atoms with Crippen LogP contribution in [0.2, 0.25) is 0 Å². The van der Waals surface area contributed by atoms with E-state index >= 15 is 0 Å². The van der Waals surface area contributed by atoms with Crippen LogP contribution in [-0.2, 0) is 4.79 Å². The molecule has 1 atom stereocenters. The van der Waals surface area contributed by atoms with Gasteiger partial charge in [0.05, 0.1) is 25.4 Å². The van der Waals surface area contributed by atoms with Crippen LogP contribution in [0.5, 0.6) is 5.75 Å². The Bertz CT molecular complexity index is 686. The van der Waals surface area contributed by atoms with Gasteiger partial charge in [0, 0.05) is 6.54 Å². The zero-order valence-electron chi connectivity index (χ0n) is 15.0. The smallest absolute Gasteiger partial charge is 0.238 e. The molecule has 1 unspecified atom stereocenters. The third-order valence-corrected chi connectivity index (χ3v) is 4.09. The van der Waals surface area contributed by atoms with Gasteiger partial charge >= 0.3 is 0 Å². The quantitative estimate of drug-likeness (QED) is 0.774. The molecule has 2 rings (SSSR count). The first-order chi connectivity index (χ1) is 12.0. The minimum Gasteiger partial charge on any atom is -0.495 e. The van der Waals surface area contributed by atoms with Gasteiger partial charge < -0.3 is 15.2 Å². The Hall–Kier alpha value is -2.37. The molecule has 0 radical (unpaired) electrons. The summed E-state index contributed by atoms with van der Waals surface area (Å²) in [7, 11) is 1.57. The Morgan fingerprint density at radius 2 is 1.88 bits per heavy atom. The SMILES string of the molecule is CCN(CC(=O)Nc1ccccc1OC)CC(O)c1ccc(C)cc1. The number of benzene rings is 2. The van der Waals surface area contributed by atoms with E-state index in [1.165, 1.54) is 0 Å². The third-order valence-electron chi connectivity index (χ3n) is 4.09. The maximum absolute atomic E-state index is 12.3. The van der Waals surface area contributed by atoms with E-state index < -0.39 is 6.10 Å². The van der Waals surface area contributed by atoms with E-state index in [2.05, 4.69) is 5.32 Å². The van der Waals surface area contributed by atoms with Gasteiger partial charge in [-0.1, -0.05) is 48.9 Å². The molecule has 0 fully saturated rings. The van der Waals surface area contributed by atoms with E-state index in [1.54, 1.807) is 19.2 Å². The summed E-state index contributed by atoms with van der Waals surface area (Å²) >= 11 is 0. The Balaban J connectivity index is 1.94. The fraction of sp³-hybridized carbons (Fsp3) is 0.350. The molecule has 5 heteroatoms. The Morgan fingerprint density at radius 3 is 2.52 bits per heavy atom. The van der Waals surface area contributed by atoms with Crippen molar-refractivity contribution in [3.05, 3.63) is 59.7 Å². The second-order valence-electron chi connectivity index (χ2n) is 6.00. The number of carbonyl (C=O) groups is 1. The molecule has 2 aromatic carbocycles. The molecule has 0 aliphatic carbocycles. The standard InChI is InChI=1S/C20H26N2O3/c1-4-22(13-18(23)16-11-9-15(2)10-12-16)14-20(24)21-17-7-5-6-8-19(17)25-3/h5-12,18,23H,4,13-14H2,1-3H3,(H,21,24). The number of anilines is 1. The minimum absolute atomic E-state index is 0.137. The summed E-state index contributed by atoms with van der Waals surface area (Å²) in [4.78, 5) is 14.2. The predicted molar refractivity (Wildman–Crippen MR) is 99.9 cm³/mol. The molecule has 0 spiro atoms. The van der Waals surface area contributed by atoms with Crippen LogP contribution in [-0.4, -0.2) is 42.7 Å². The number of aryl methyl sites for hydroxylation is 1. The number of likely N-dealkylation sites (N-methyl/N-ethyl adjacent to an activating group) is 1. The highest BCUT2D eigenvalue weighted by Gasteiger charge is 2.16. The fourth-order valence-corrected chi connectivity index (χ4v) is 2.58. The van der Waals surface area contributed by atoms with Crippen molar-refractivity contribution < 1.29 is 14.6 Å². The molecular weight excluding hydrogens is 316 g/mol. The van der Waals surface area contributed by atoms with Crippen LogP contribution < -0.4 is 10.1 Å². The van der Waals surface area contributed by atoms with Crippen LogP contribution in [0.25, 0.3) is 0 Å². The molecular formula is C20H26N2O3. The van der Waals surface area contributed by atoms with E-state index in [9.17, 15) is 9.90 Å². The van der Waals surface area contributed by atoms with Crippen molar-refractivity contribution in [2.24, 2.45) is 0 Å². The van der Waals surface area contributed by atoms with E-state index in [1.807, 2.05) is 55.1 Å². The largest absolute Gasteiger partial charge is 0.495 e. The number of nitrogens with zero attached hydrogens (tertiary/aromatic N) is 1. The Labute approximate surface area is 149 Å². The van der Waals surface area contributed by atoms with Crippen molar-refractivity contribution >= 4 is 11.6 Å². The van der Waals surface area contributed by atoms with Gasteiger partial charge in [0.1, 0.15) is 5.75 Å². The zero-order valence-corrected chi connectivity index (χ0v) is 15.0. The molecule has 2 aromatic rings. The van der Waals surface area contributed by atoms with Gasteiger partial charge in [-0.25, -0.2) is 0 Å². The summed E-state index contributed by atoms with van der Waals surface area (Å²) in [5.41, 5.74) is 2.65. The average Bonchev–Trinajstić information content (AvgIpc) is 2.62. The van der Waals surface area contributed by atoms with Crippen LogP contribution in [0.4, 0.5) is 5.69 Å². The van der Waals surface area contributed by atoms with Crippen molar-refractivity contribution in [1.29, 1.82) is 0 Å². The van der Waals surface area contributed by atoms with Crippen LogP contribution in [0.1, 0.15) is 24.2 Å². The lowest BCUT2D eigenvalue weighted by Gasteiger charge is -2.23. The summed E-state index contributed by atoms with van der Waals surface area (Å²) in [5, 5.41) is 13.3. The number of hydrogen-bond acceptors (Lipinski definition) is 4. The Kier molecular flexibility index (Phi) is 6.98. The van der Waals surface area contributed by atoms with Crippen LogP contribution in [0, 0.1) is 6.92 Å². The van der Waals surface area contributed by atoms with Crippen LogP contribution >= 0.6 is 0 Å². The highest BCUT2D eigenvalue weighted by molar-refractivity contribution is 5.93. The molecule has 0 saturated carbocycles. The fourth-order valence-electron chi connectivity index (χ4n) is 2.58. The Morgan fingerprint density at radius 1 is 1.20 bits per heavy atom. The highest BCUT2D eigenvalue weighted by atomic mass is 16.5. The lowest BCUT2D eigenvalue weighted by atomic mass is 10.1. The number of hydrogen-bond donors (Lipinski definition) is 2. The molecule has 5 nitrogen and oxygen atoms in total. The number of rotatable bonds is 8. The summed E-state index contributed by atoms with van der Waals surface area (Å²) in [5.74, 6) is 0.487. The van der Waals surface area contributed by atoms with Crippen LogP contribution in [0.3, 0.4) is 0 Å². The second kappa shape index (κ2) is 9.20. The average molecular weight is 342 g/mol. The third kappa shape index (κ3) is 5.59. The lowest BCUT2D eigenvalue weighted by Crippen LogP contribution is -2.36. The van der Waals surface area contributed by atoms with Gasteiger partial charge in [0.2, 0.25) is 5.91 Å². The number of amides is 1. The number of aliphatic hydroxyl groups excluding tert-OH is 1. The van der Waals surface area contributed by atoms with E-state index in [0.29, 0.717) is 24.5 Å². The van der Waals surface area contributed by atoms with Gasteiger partial charge in [0.15, 0.2) is 0 Å². The lowest BCUT2D eigenvalue weighted by molar-refractivity contribution is -0.117. The minimum atomic E-state index is -0.625. The number of carbonyl (C=O) groups excluding carboxylic acids is 1. The van der Waals surface area contributed by atoms with E-state index in [0.717, 1.165) is 11.1 Å². The van der Waals surface area contributed by atoms with Crippen molar-refractivity contribution in [3.8, 4) is 5.75 Å². The molecule has 25 heavy (non-hydrogen) atoms. The number of nitrogens with one attached hydrogen (secondary N) is 1. The van der Waals surface area contributed by atoms with E-state index in [-0.39, 0.29) is 12.5 Å². The zero-order chi connectivity index (χ0) is 18.2. The molecule has 0 aliphatic heterocycles. The molecule has 1 amide bonds.